The molecule has 0 spiro atoms. The molecule has 0 saturated carbocycles. The van der Waals surface area contributed by atoms with Gasteiger partial charge in [0, 0.05) is 18.2 Å². The van der Waals surface area contributed by atoms with E-state index >= 15 is 0 Å². The molecule has 0 atom stereocenters. The number of alkyl halides is 3. The number of benzene rings is 1. The van der Waals surface area contributed by atoms with Crippen LogP contribution in [-0.2, 0) is 12.6 Å². The maximum atomic E-state index is 13.3. The molecule has 0 aliphatic carbocycles. The van der Waals surface area contributed by atoms with E-state index in [0.29, 0.717) is 27.1 Å². The molecule has 0 bridgehead atoms. The average molecular weight is 438 g/mol. The number of H-pyrrole nitrogens is 1. The molecule has 4 rings (SSSR count). The van der Waals surface area contributed by atoms with Gasteiger partial charge in [-0.1, -0.05) is 28.9 Å². The van der Waals surface area contributed by atoms with Crippen LogP contribution in [0.15, 0.2) is 42.5 Å². The molecule has 0 unspecified atom stereocenters. The molecular weight excluding hydrogens is 427 g/mol. The minimum atomic E-state index is -4.61. The number of halogens is 4. The Kier molecular flexibility index (Phi) is 5.16. The highest BCUT2D eigenvalue weighted by molar-refractivity contribution is 7.19. The maximum Gasteiger partial charge on any atom is 0.433 e. The predicted molar refractivity (Wildman–Crippen MR) is 102 cm³/mol. The number of nitrogens with one attached hydrogen (secondary N) is 2. The van der Waals surface area contributed by atoms with E-state index in [1.165, 1.54) is 0 Å². The van der Waals surface area contributed by atoms with Crippen molar-refractivity contribution in [3.05, 3.63) is 63.9 Å². The summed E-state index contributed by atoms with van der Waals surface area (Å²) < 4.78 is 40.3. The molecule has 7 nitrogen and oxygen atoms in total. The van der Waals surface area contributed by atoms with E-state index in [2.05, 4.69) is 35.9 Å². The van der Waals surface area contributed by atoms with Crippen LogP contribution in [0, 0.1) is 0 Å². The molecule has 0 radical (unpaired) electrons. The summed E-state index contributed by atoms with van der Waals surface area (Å²) in [5.74, 6) is 0.515. The van der Waals surface area contributed by atoms with Crippen molar-refractivity contribution in [3.63, 3.8) is 0 Å². The molecule has 0 amide bonds. The van der Waals surface area contributed by atoms with Gasteiger partial charge in [0.15, 0.2) is 17.3 Å². The van der Waals surface area contributed by atoms with E-state index in [4.69, 9.17) is 11.6 Å². The van der Waals surface area contributed by atoms with Crippen molar-refractivity contribution < 1.29 is 13.2 Å². The highest BCUT2D eigenvalue weighted by atomic mass is 35.5. The zero-order valence-corrected chi connectivity index (χ0v) is 16.0. The van der Waals surface area contributed by atoms with Crippen molar-refractivity contribution in [1.29, 1.82) is 0 Å². The highest BCUT2D eigenvalue weighted by Crippen LogP contribution is 2.34. The van der Waals surface area contributed by atoms with Gasteiger partial charge in [0.25, 0.3) is 0 Å². The lowest BCUT2D eigenvalue weighted by Crippen LogP contribution is -2.10. The molecule has 0 saturated heterocycles. The van der Waals surface area contributed by atoms with Crippen molar-refractivity contribution in [1.82, 2.24) is 30.6 Å². The Balaban J connectivity index is 1.60. The smallest absolute Gasteiger partial charge is 0.340 e. The minimum absolute atomic E-state index is 0.0257. The van der Waals surface area contributed by atoms with Crippen LogP contribution in [0.25, 0.3) is 10.7 Å². The number of anilines is 2. The summed E-state index contributed by atoms with van der Waals surface area (Å²) in [6.45, 7) is 0. The van der Waals surface area contributed by atoms with Crippen molar-refractivity contribution >= 4 is 34.4 Å². The van der Waals surface area contributed by atoms with Gasteiger partial charge in [-0.25, -0.2) is 9.97 Å². The number of aromatic amines is 1. The quantitative estimate of drug-likeness (QED) is 0.469. The molecule has 148 valence electrons. The first kappa shape index (κ1) is 19.3. The second-order valence-corrected chi connectivity index (χ2v) is 7.61. The molecule has 12 heteroatoms. The molecule has 1 aromatic carbocycles. The van der Waals surface area contributed by atoms with Gasteiger partial charge in [-0.05, 0) is 29.8 Å². The molecule has 0 aliphatic heterocycles. The van der Waals surface area contributed by atoms with Crippen LogP contribution in [-0.4, -0.2) is 30.6 Å². The largest absolute Gasteiger partial charge is 0.433 e. The molecule has 3 aromatic heterocycles. The molecule has 0 fully saturated rings. The Morgan fingerprint density at radius 2 is 1.86 bits per heavy atom. The lowest BCUT2D eigenvalue weighted by molar-refractivity contribution is -0.141. The Morgan fingerprint density at radius 3 is 2.48 bits per heavy atom. The van der Waals surface area contributed by atoms with Crippen molar-refractivity contribution in [2.45, 2.75) is 12.6 Å². The van der Waals surface area contributed by atoms with Crippen LogP contribution in [0.1, 0.15) is 17.1 Å². The Bertz CT molecular complexity index is 1110. The lowest BCUT2D eigenvalue weighted by Gasteiger charge is -2.11. The van der Waals surface area contributed by atoms with Gasteiger partial charge in [-0.2, -0.15) is 18.4 Å². The molecule has 2 N–H and O–H groups in total. The summed E-state index contributed by atoms with van der Waals surface area (Å²) in [6.07, 6.45) is -4.13. The molecular formula is C17H11ClF3N7S. The topological polar surface area (TPSA) is 92.3 Å². The fourth-order valence-corrected chi connectivity index (χ4v) is 3.47. The third-order valence-corrected chi connectivity index (χ3v) is 5.02. The van der Waals surface area contributed by atoms with E-state index in [1.54, 1.807) is 24.3 Å². The van der Waals surface area contributed by atoms with Crippen LogP contribution in [0.3, 0.4) is 0 Å². The second kappa shape index (κ2) is 7.76. The van der Waals surface area contributed by atoms with E-state index in [1.807, 2.05) is 12.1 Å². The number of tetrazole rings is 1. The molecule has 0 aliphatic rings. The Hall–Kier alpha value is -3.05. The Morgan fingerprint density at radius 1 is 1.07 bits per heavy atom. The summed E-state index contributed by atoms with van der Waals surface area (Å²) in [5.41, 5.74) is 0.455. The minimum Gasteiger partial charge on any atom is -0.340 e. The normalized spacial score (nSPS) is 11.6. The average Bonchev–Trinajstić information content (AvgIpc) is 3.34. The van der Waals surface area contributed by atoms with Gasteiger partial charge in [0.05, 0.1) is 9.21 Å². The van der Waals surface area contributed by atoms with Gasteiger partial charge in [-0.15, -0.1) is 21.5 Å². The summed E-state index contributed by atoms with van der Waals surface area (Å²) in [5, 5.41) is 16.5. The van der Waals surface area contributed by atoms with Gasteiger partial charge >= 0.3 is 6.18 Å². The van der Waals surface area contributed by atoms with E-state index in [9.17, 15) is 13.2 Å². The Labute approximate surface area is 171 Å². The number of rotatable bonds is 5. The number of hydrogen-bond acceptors (Lipinski definition) is 7. The predicted octanol–water partition coefficient (Wildman–Crippen LogP) is 4.72. The first-order valence-corrected chi connectivity index (χ1v) is 9.36. The fraction of sp³-hybridized carbons (Fsp3) is 0.118. The zero-order valence-electron chi connectivity index (χ0n) is 14.4. The van der Waals surface area contributed by atoms with Crippen LogP contribution in [0.5, 0.6) is 0 Å². The van der Waals surface area contributed by atoms with Crippen molar-refractivity contribution in [2.24, 2.45) is 0 Å². The number of aromatic nitrogens is 6. The van der Waals surface area contributed by atoms with Crippen LogP contribution < -0.4 is 5.32 Å². The number of thiophene rings is 1. The van der Waals surface area contributed by atoms with Gasteiger partial charge in [0.1, 0.15) is 5.82 Å². The lowest BCUT2D eigenvalue weighted by atomic mass is 10.1. The highest BCUT2D eigenvalue weighted by Gasteiger charge is 2.34. The molecule has 4 aromatic rings. The summed E-state index contributed by atoms with van der Waals surface area (Å²) in [7, 11) is 0. The third kappa shape index (κ3) is 4.69. The number of hydrogen-bond donors (Lipinski definition) is 2. The van der Waals surface area contributed by atoms with Gasteiger partial charge < -0.3 is 5.32 Å². The van der Waals surface area contributed by atoms with Crippen molar-refractivity contribution in [2.75, 3.05) is 5.32 Å². The van der Waals surface area contributed by atoms with Gasteiger partial charge in [-0.3, -0.25) is 0 Å². The summed E-state index contributed by atoms with van der Waals surface area (Å²) in [6, 6.07) is 11.1. The van der Waals surface area contributed by atoms with Crippen LogP contribution in [0.4, 0.5) is 24.7 Å². The van der Waals surface area contributed by atoms with E-state index in [0.717, 1.165) is 23.0 Å². The van der Waals surface area contributed by atoms with E-state index in [-0.39, 0.29) is 11.6 Å². The molecule has 3 heterocycles. The number of nitrogens with zero attached hydrogens (tertiary/aromatic N) is 5. The first-order chi connectivity index (χ1) is 13.9. The first-order valence-electron chi connectivity index (χ1n) is 8.17. The summed E-state index contributed by atoms with van der Waals surface area (Å²) in [4.78, 5) is 8.29. The van der Waals surface area contributed by atoms with E-state index < -0.39 is 11.9 Å². The maximum absolute atomic E-state index is 13.3. The van der Waals surface area contributed by atoms with Crippen LogP contribution in [0.2, 0.25) is 4.34 Å². The van der Waals surface area contributed by atoms with Crippen LogP contribution >= 0.6 is 22.9 Å². The fourth-order valence-electron chi connectivity index (χ4n) is 2.49. The SMILES string of the molecule is FC(F)(F)c1cc(Nc2ccc(Cc3nn[nH]n3)cc2)nc(-c2ccc(Cl)s2)n1. The molecule has 29 heavy (non-hydrogen) atoms. The van der Waals surface area contributed by atoms with Crippen molar-refractivity contribution in [3.8, 4) is 10.7 Å². The summed E-state index contributed by atoms with van der Waals surface area (Å²) >= 11 is 6.99. The standard InChI is InChI=1S/C17H11ClF3N7S/c18-13-6-5-11(29-13)16-23-12(17(19,20)21)8-14(24-16)22-10-3-1-9(2-4-10)7-15-25-27-28-26-15/h1-6,8H,7H2,(H,22,23,24)(H,25,26,27,28). The zero-order chi connectivity index (χ0) is 20.4. The van der Waals surface area contributed by atoms with Gasteiger partial charge in [0.2, 0.25) is 0 Å². The third-order valence-electron chi connectivity index (χ3n) is 3.79. The monoisotopic (exact) mass is 437 g/mol. The second-order valence-electron chi connectivity index (χ2n) is 5.89.